The predicted molar refractivity (Wildman–Crippen MR) is 82.3 cm³/mol. The van der Waals surface area contributed by atoms with Crippen LogP contribution in [-0.4, -0.2) is 21.9 Å². The highest BCUT2D eigenvalue weighted by Crippen LogP contribution is 2.30. The quantitative estimate of drug-likeness (QED) is 0.638. The second-order valence-corrected chi connectivity index (χ2v) is 6.70. The maximum atomic E-state index is 12.6. The molecule has 2 N–H and O–H groups in total. The Balaban J connectivity index is 2.48. The van der Waals surface area contributed by atoms with E-state index in [9.17, 15) is 13.2 Å². The van der Waals surface area contributed by atoms with Crippen LogP contribution in [0, 0.1) is 0 Å². The summed E-state index contributed by atoms with van der Waals surface area (Å²) in [5, 5.41) is 3.52. The zero-order valence-electron chi connectivity index (χ0n) is 12.0. The summed E-state index contributed by atoms with van der Waals surface area (Å²) in [5.41, 5.74) is 6.56. The second kappa shape index (κ2) is 6.48. The molecule has 0 aliphatic carbocycles. The monoisotopic (exact) mass is 318 g/mol. The Kier molecular flexibility index (Phi) is 4.67. The molecule has 7 heteroatoms. The van der Waals surface area contributed by atoms with Gasteiger partial charge in [0, 0.05) is 12.7 Å². The van der Waals surface area contributed by atoms with Crippen LogP contribution in [0.4, 0.5) is 11.4 Å². The molecule has 1 amide bonds. The molecule has 0 saturated carbocycles. The number of amides is 1. The average molecular weight is 318 g/mol. The van der Waals surface area contributed by atoms with Crippen molar-refractivity contribution in [1.29, 1.82) is 0 Å². The minimum absolute atomic E-state index is 0.00468. The standard InChI is InChI=1S/C15H15N3O3S/c1-18(11-19)13-7-8-14(17-16)15(9-13)22(20,21)10-12-5-3-2-4-6-12/h2-9,11,16H,10H2,1H3/p+1. The van der Waals surface area contributed by atoms with E-state index in [1.54, 1.807) is 30.3 Å². The SMILES string of the molecule is CN(C=O)c1ccc(N=[NH2+])c(S(=O)(=O)Cc2ccccc2)c1. The Morgan fingerprint density at radius 2 is 1.86 bits per heavy atom. The smallest absolute Gasteiger partial charge is 0.213 e. The third-order valence-corrected chi connectivity index (χ3v) is 4.89. The lowest BCUT2D eigenvalue weighted by molar-refractivity contribution is -0.210. The number of anilines is 1. The van der Waals surface area contributed by atoms with Gasteiger partial charge in [0.25, 0.3) is 0 Å². The van der Waals surface area contributed by atoms with Gasteiger partial charge in [-0.3, -0.25) is 4.79 Å². The van der Waals surface area contributed by atoms with E-state index >= 15 is 0 Å². The lowest BCUT2D eigenvalue weighted by atomic mass is 10.2. The molecular formula is C15H16N3O3S+. The van der Waals surface area contributed by atoms with Crippen molar-refractivity contribution >= 4 is 27.6 Å². The molecule has 0 radical (unpaired) electrons. The largest absolute Gasteiger partial charge is 0.318 e. The first-order chi connectivity index (χ1) is 10.5. The van der Waals surface area contributed by atoms with Crippen LogP contribution < -0.4 is 10.4 Å². The van der Waals surface area contributed by atoms with Crippen LogP contribution in [0.25, 0.3) is 0 Å². The Morgan fingerprint density at radius 3 is 2.45 bits per heavy atom. The van der Waals surface area contributed by atoms with E-state index in [1.165, 1.54) is 24.1 Å². The van der Waals surface area contributed by atoms with Gasteiger partial charge in [0.1, 0.15) is 10.6 Å². The molecule has 2 aromatic carbocycles. The van der Waals surface area contributed by atoms with E-state index in [2.05, 4.69) is 5.11 Å². The summed E-state index contributed by atoms with van der Waals surface area (Å²) in [5.74, 6) is -0.162. The summed E-state index contributed by atoms with van der Waals surface area (Å²) < 4.78 is 25.2. The summed E-state index contributed by atoms with van der Waals surface area (Å²) in [6.45, 7) is 0. The van der Waals surface area contributed by atoms with Gasteiger partial charge in [-0.15, -0.1) is 0 Å². The molecule has 6 nitrogen and oxygen atoms in total. The highest BCUT2D eigenvalue weighted by atomic mass is 32.2. The topological polar surface area (TPSA) is 92.4 Å². The van der Waals surface area contributed by atoms with Gasteiger partial charge in [0.2, 0.25) is 6.41 Å². The molecule has 0 aliphatic heterocycles. The number of nitrogens with two attached hydrogens (primary N) is 1. The molecule has 0 saturated heterocycles. The predicted octanol–water partition coefficient (Wildman–Crippen LogP) is 1.10. The van der Waals surface area contributed by atoms with Crippen molar-refractivity contribution < 1.29 is 18.7 Å². The molecule has 0 atom stereocenters. The number of carbonyl (C=O) groups is 1. The van der Waals surface area contributed by atoms with Crippen molar-refractivity contribution in [3.8, 4) is 0 Å². The van der Waals surface area contributed by atoms with Gasteiger partial charge < -0.3 is 4.90 Å². The number of hydrogen-bond acceptors (Lipinski definition) is 4. The van der Waals surface area contributed by atoms with Gasteiger partial charge >= 0.3 is 0 Å². The van der Waals surface area contributed by atoms with Gasteiger partial charge in [0.05, 0.1) is 5.75 Å². The Morgan fingerprint density at radius 1 is 1.18 bits per heavy atom. The van der Waals surface area contributed by atoms with Gasteiger partial charge in [-0.05, 0) is 28.9 Å². The van der Waals surface area contributed by atoms with Crippen LogP contribution in [0.3, 0.4) is 0 Å². The van der Waals surface area contributed by atoms with Crippen molar-refractivity contribution in [2.75, 3.05) is 11.9 Å². The molecule has 0 aromatic heterocycles. The number of hydrogen-bond donors (Lipinski definition) is 1. The summed E-state index contributed by atoms with van der Waals surface area (Å²) >= 11 is 0. The molecule has 0 unspecified atom stereocenters. The molecule has 2 rings (SSSR count). The molecule has 0 heterocycles. The molecule has 0 spiro atoms. The summed E-state index contributed by atoms with van der Waals surface area (Å²) in [6, 6.07) is 13.3. The molecule has 0 aliphatic rings. The third kappa shape index (κ3) is 3.37. The fraction of sp³-hybridized carbons (Fsp3) is 0.133. The summed E-state index contributed by atoms with van der Waals surface area (Å²) in [7, 11) is -2.10. The number of benzene rings is 2. The maximum Gasteiger partial charge on any atom is 0.213 e. The summed E-state index contributed by atoms with van der Waals surface area (Å²) in [6.07, 6.45) is 0.599. The first-order valence-electron chi connectivity index (χ1n) is 6.47. The highest BCUT2D eigenvalue weighted by Gasteiger charge is 2.22. The number of rotatable bonds is 6. The Hall–Kier alpha value is -2.54. The molecular weight excluding hydrogens is 302 g/mol. The minimum Gasteiger partial charge on any atom is -0.318 e. The van der Waals surface area contributed by atoms with Crippen molar-refractivity contribution in [3.05, 3.63) is 54.1 Å². The van der Waals surface area contributed by atoms with Gasteiger partial charge in [-0.25, -0.2) is 8.42 Å². The average Bonchev–Trinajstić information content (AvgIpc) is 2.54. The Labute approximate surface area is 128 Å². The van der Waals surface area contributed by atoms with E-state index in [4.69, 9.17) is 5.53 Å². The van der Waals surface area contributed by atoms with E-state index in [0.29, 0.717) is 17.7 Å². The maximum absolute atomic E-state index is 12.6. The van der Waals surface area contributed by atoms with Crippen molar-refractivity contribution in [2.45, 2.75) is 10.6 Å². The molecule has 22 heavy (non-hydrogen) atoms. The first-order valence-corrected chi connectivity index (χ1v) is 8.13. The zero-order valence-corrected chi connectivity index (χ0v) is 12.8. The van der Waals surface area contributed by atoms with Crippen molar-refractivity contribution in [2.24, 2.45) is 5.11 Å². The first kappa shape index (κ1) is 15.8. The zero-order chi connectivity index (χ0) is 16.2. The normalized spacial score (nSPS) is 11.0. The molecule has 114 valence electrons. The van der Waals surface area contributed by atoms with Crippen LogP contribution in [-0.2, 0) is 20.4 Å². The lowest BCUT2D eigenvalue weighted by Gasteiger charge is -2.13. The van der Waals surface area contributed by atoms with Crippen LogP contribution in [0.1, 0.15) is 5.56 Å². The van der Waals surface area contributed by atoms with Crippen LogP contribution in [0.15, 0.2) is 58.5 Å². The number of carbonyl (C=O) groups excluding carboxylic acids is 1. The van der Waals surface area contributed by atoms with Crippen LogP contribution >= 0.6 is 0 Å². The molecule has 0 fully saturated rings. The van der Waals surface area contributed by atoms with Gasteiger partial charge in [0.15, 0.2) is 9.84 Å². The van der Waals surface area contributed by atoms with Gasteiger partial charge in [-0.1, -0.05) is 30.3 Å². The number of sulfone groups is 1. The molecule has 0 bridgehead atoms. The molecule has 2 aromatic rings. The van der Waals surface area contributed by atoms with E-state index in [-0.39, 0.29) is 16.3 Å². The van der Waals surface area contributed by atoms with E-state index in [0.717, 1.165) is 0 Å². The van der Waals surface area contributed by atoms with Crippen LogP contribution in [0.5, 0.6) is 0 Å². The van der Waals surface area contributed by atoms with Crippen LogP contribution in [0.2, 0.25) is 0 Å². The fourth-order valence-corrected chi connectivity index (χ4v) is 3.54. The third-order valence-electron chi connectivity index (χ3n) is 3.18. The minimum atomic E-state index is -3.64. The van der Waals surface area contributed by atoms with Crippen molar-refractivity contribution in [1.82, 2.24) is 0 Å². The highest BCUT2D eigenvalue weighted by molar-refractivity contribution is 7.90. The number of nitrogens with zero attached hydrogens (tertiary/aromatic N) is 2. The van der Waals surface area contributed by atoms with E-state index < -0.39 is 9.84 Å². The Bertz CT molecular complexity index is 789. The van der Waals surface area contributed by atoms with Crippen molar-refractivity contribution in [3.63, 3.8) is 0 Å². The fourth-order valence-electron chi connectivity index (χ4n) is 2.01. The summed E-state index contributed by atoms with van der Waals surface area (Å²) in [4.78, 5) is 12.1. The lowest BCUT2D eigenvalue weighted by Crippen LogP contribution is -2.23. The van der Waals surface area contributed by atoms with E-state index in [1.807, 2.05) is 6.07 Å². The second-order valence-electron chi connectivity index (χ2n) is 4.74. The van der Waals surface area contributed by atoms with Gasteiger partial charge in [-0.2, -0.15) is 5.53 Å².